The van der Waals surface area contributed by atoms with E-state index in [1.54, 1.807) is 18.3 Å². The zero-order chi connectivity index (χ0) is 11.5. The molecule has 3 nitrogen and oxygen atoms in total. The molecule has 0 bridgehead atoms. The van der Waals surface area contributed by atoms with Crippen LogP contribution < -0.4 is 0 Å². The van der Waals surface area contributed by atoms with Gasteiger partial charge >= 0.3 is 0 Å². The van der Waals surface area contributed by atoms with Gasteiger partial charge in [0.15, 0.2) is 0 Å². The van der Waals surface area contributed by atoms with Gasteiger partial charge in [0.2, 0.25) is 0 Å². The summed E-state index contributed by atoms with van der Waals surface area (Å²) in [6.45, 7) is 4.73. The number of hydrogen-bond donors (Lipinski definition) is 1. The van der Waals surface area contributed by atoms with E-state index in [1.807, 2.05) is 30.8 Å². The maximum Gasteiger partial charge on any atom is 0.0911 e. The van der Waals surface area contributed by atoms with Crippen LogP contribution in [-0.4, -0.2) is 14.7 Å². The Morgan fingerprint density at radius 1 is 1.56 bits per heavy atom. The second kappa shape index (κ2) is 4.80. The highest BCUT2D eigenvalue weighted by molar-refractivity contribution is 7.09. The molecule has 2 aromatic rings. The minimum atomic E-state index is -0.405. The van der Waals surface area contributed by atoms with Crippen LogP contribution in [0.4, 0.5) is 0 Å². The Labute approximate surface area is 99.4 Å². The van der Waals surface area contributed by atoms with Crippen LogP contribution in [0.25, 0.3) is 0 Å². The summed E-state index contributed by atoms with van der Waals surface area (Å²) in [5.74, 6) is 0. The Balaban J connectivity index is 2.05. The highest BCUT2D eigenvalue weighted by Crippen LogP contribution is 2.17. The SMILES string of the molecule is Cc1ncsc1CCn1cccc1C(C)O. The lowest BCUT2D eigenvalue weighted by Gasteiger charge is -2.10. The predicted molar refractivity (Wildman–Crippen MR) is 65.6 cm³/mol. The van der Waals surface area contributed by atoms with Gasteiger partial charge < -0.3 is 9.67 Å². The van der Waals surface area contributed by atoms with Crippen molar-refractivity contribution in [3.63, 3.8) is 0 Å². The first-order valence-corrected chi connectivity index (χ1v) is 6.28. The number of aliphatic hydroxyl groups excluding tert-OH is 1. The molecule has 86 valence electrons. The van der Waals surface area contributed by atoms with Crippen LogP contribution in [0, 0.1) is 6.92 Å². The number of rotatable bonds is 4. The summed E-state index contributed by atoms with van der Waals surface area (Å²) in [6, 6.07) is 3.94. The second-order valence-electron chi connectivity index (χ2n) is 3.91. The lowest BCUT2D eigenvalue weighted by Crippen LogP contribution is -2.06. The van der Waals surface area contributed by atoms with Crippen molar-refractivity contribution >= 4 is 11.3 Å². The number of thiazole rings is 1. The first-order chi connectivity index (χ1) is 7.68. The molecule has 16 heavy (non-hydrogen) atoms. The normalized spacial score (nSPS) is 12.9. The number of aliphatic hydroxyl groups is 1. The molecule has 0 saturated carbocycles. The number of nitrogens with zero attached hydrogens (tertiary/aromatic N) is 2. The molecule has 0 aromatic carbocycles. The maximum absolute atomic E-state index is 9.57. The standard InChI is InChI=1S/C12H16N2OS/c1-9-12(16-8-13-9)5-7-14-6-3-4-11(14)10(2)15/h3-4,6,8,10,15H,5,7H2,1-2H3. The van der Waals surface area contributed by atoms with Crippen molar-refractivity contribution in [2.45, 2.75) is 32.9 Å². The summed E-state index contributed by atoms with van der Waals surface area (Å²) in [5, 5.41) is 9.57. The van der Waals surface area contributed by atoms with Crippen LogP contribution >= 0.6 is 11.3 Å². The molecule has 0 saturated heterocycles. The van der Waals surface area contributed by atoms with Gasteiger partial charge in [-0.3, -0.25) is 0 Å². The molecular formula is C12H16N2OS. The van der Waals surface area contributed by atoms with Gasteiger partial charge in [0.05, 0.1) is 17.3 Å². The van der Waals surface area contributed by atoms with Crippen LogP contribution in [0.3, 0.4) is 0 Å². The zero-order valence-electron chi connectivity index (χ0n) is 9.55. The molecule has 0 aliphatic heterocycles. The molecule has 0 aliphatic carbocycles. The smallest absolute Gasteiger partial charge is 0.0911 e. The van der Waals surface area contributed by atoms with E-state index < -0.39 is 6.10 Å². The number of aryl methyl sites for hydroxylation is 3. The third kappa shape index (κ3) is 2.33. The molecule has 4 heteroatoms. The van der Waals surface area contributed by atoms with Gasteiger partial charge in [-0.05, 0) is 26.0 Å². The molecule has 2 heterocycles. The molecule has 1 unspecified atom stereocenters. The van der Waals surface area contributed by atoms with Crippen LogP contribution in [0.15, 0.2) is 23.8 Å². The van der Waals surface area contributed by atoms with E-state index in [4.69, 9.17) is 0 Å². The molecule has 1 N–H and O–H groups in total. The molecule has 2 aromatic heterocycles. The van der Waals surface area contributed by atoms with E-state index in [2.05, 4.69) is 9.55 Å². The average Bonchev–Trinajstić information content (AvgIpc) is 2.83. The zero-order valence-corrected chi connectivity index (χ0v) is 10.4. The van der Waals surface area contributed by atoms with E-state index in [-0.39, 0.29) is 0 Å². The van der Waals surface area contributed by atoms with Gasteiger partial charge in [-0.25, -0.2) is 4.98 Å². The molecule has 1 atom stereocenters. The molecule has 0 amide bonds. The average molecular weight is 236 g/mol. The Morgan fingerprint density at radius 2 is 2.38 bits per heavy atom. The Morgan fingerprint density at radius 3 is 3.00 bits per heavy atom. The third-order valence-electron chi connectivity index (χ3n) is 2.72. The predicted octanol–water partition coefficient (Wildman–Crippen LogP) is 2.55. The van der Waals surface area contributed by atoms with Crippen molar-refractivity contribution in [2.24, 2.45) is 0 Å². The fourth-order valence-corrected chi connectivity index (χ4v) is 2.57. The van der Waals surface area contributed by atoms with E-state index in [1.165, 1.54) is 4.88 Å². The van der Waals surface area contributed by atoms with Gasteiger partial charge in [-0.1, -0.05) is 0 Å². The summed E-state index contributed by atoms with van der Waals surface area (Å²) < 4.78 is 2.10. The molecular weight excluding hydrogens is 220 g/mol. The van der Waals surface area contributed by atoms with Crippen LogP contribution in [-0.2, 0) is 13.0 Å². The van der Waals surface area contributed by atoms with Crippen LogP contribution in [0.2, 0.25) is 0 Å². The second-order valence-corrected chi connectivity index (χ2v) is 4.85. The summed E-state index contributed by atoms with van der Waals surface area (Å²) in [4.78, 5) is 5.56. The highest BCUT2D eigenvalue weighted by atomic mass is 32.1. The van der Waals surface area contributed by atoms with Gasteiger partial charge in [-0.2, -0.15) is 0 Å². The monoisotopic (exact) mass is 236 g/mol. The Kier molecular flexibility index (Phi) is 3.41. The summed E-state index contributed by atoms with van der Waals surface area (Å²) in [6.07, 6.45) is 2.58. The van der Waals surface area contributed by atoms with Crippen LogP contribution in [0.1, 0.15) is 29.3 Å². The molecule has 0 aliphatic rings. The largest absolute Gasteiger partial charge is 0.387 e. The van der Waals surface area contributed by atoms with E-state index in [0.717, 1.165) is 24.4 Å². The first kappa shape index (κ1) is 11.4. The number of aromatic nitrogens is 2. The van der Waals surface area contributed by atoms with Gasteiger partial charge in [0.1, 0.15) is 0 Å². The maximum atomic E-state index is 9.57. The minimum absolute atomic E-state index is 0.405. The van der Waals surface area contributed by atoms with Gasteiger partial charge in [0.25, 0.3) is 0 Å². The Bertz CT molecular complexity index is 459. The molecule has 2 rings (SSSR count). The van der Waals surface area contributed by atoms with Gasteiger partial charge in [-0.15, -0.1) is 11.3 Å². The number of hydrogen-bond acceptors (Lipinski definition) is 3. The summed E-state index contributed by atoms with van der Waals surface area (Å²) in [5.41, 5.74) is 3.98. The van der Waals surface area contributed by atoms with Crippen LogP contribution in [0.5, 0.6) is 0 Å². The molecule has 0 fully saturated rings. The van der Waals surface area contributed by atoms with Crippen molar-refractivity contribution in [1.82, 2.24) is 9.55 Å². The quantitative estimate of drug-likeness (QED) is 0.886. The van der Waals surface area contributed by atoms with Crippen molar-refractivity contribution in [1.29, 1.82) is 0 Å². The minimum Gasteiger partial charge on any atom is -0.387 e. The summed E-state index contributed by atoms with van der Waals surface area (Å²) in [7, 11) is 0. The lowest BCUT2D eigenvalue weighted by atomic mass is 10.2. The van der Waals surface area contributed by atoms with E-state index in [0.29, 0.717) is 0 Å². The fraction of sp³-hybridized carbons (Fsp3) is 0.417. The van der Waals surface area contributed by atoms with Gasteiger partial charge in [0, 0.05) is 29.7 Å². The molecule has 0 radical (unpaired) electrons. The van der Waals surface area contributed by atoms with Crippen molar-refractivity contribution < 1.29 is 5.11 Å². The summed E-state index contributed by atoms with van der Waals surface area (Å²) >= 11 is 1.70. The lowest BCUT2D eigenvalue weighted by molar-refractivity contribution is 0.189. The van der Waals surface area contributed by atoms with Crippen molar-refractivity contribution in [3.8, 4) is 0 Å². The topological polar surface area (TPSA) is 38.0 Å². The fourth-order valence-electron chi connectivity index (χ4n) is 1.80. The van der Waals surface area contributed by atoms with E-state index >= 15 is 0 Å². The third-order valence-corrected chi connectivity index (χ3v) is 3.71. The van der Waals surface area contributed by atoms with Crippen molar-refractivity contribution in [2.75, 3.05) is 0 Å². The molecule has 0 spiro atoms. The Hall–Kier alpha value is -1.13. The van der Waals surface area contributed by atoms with E-state index in [9.17, 15) is 5.11 Å². The first-order valence-electron chi connectivity index (χ1n) is 5.40. The highest BCUT2D eigenvalue weighted by Gasteiger charge is 2.07. The van der Waals surface area contributed by atoms with Crippen molar-refractivity contribution in [3.05, 3.63) is 40.1 Å².